The third-order valence-corrected chi connectivity index (χ3v) is 2.67. The lowest BCUT2D eigenvalue weighted by atomic mass is 10.1. The zero-order valence-electron chi connectivity index (χ0n) is 10.6. The molecule has 1 atom stereocenters. The van der Waals surface area contributed by atoms with E-state index in [1.165, 1.54) is 0 Å². The van der Waals surface area contributed by atoms with Crippen LogP contribution in [0.25, 0.3) is 0 Å². The molecule has 0 aromatic heterocycles. The lowest BCUT2D eigenvalue weighted by molar-refractivity contribution is -0.199. The third kappa shape index (κ3) is 5.18. The van der Waals surface area contributed by atoms with E-state index in [2.05, 4.69) is 4.74 Å². The molecule has 0 aliphatic carbocycles. The number of aliphatic hydroxyl groups is 1. The van der Waals surface area contributed by atoms with Gasteiger partial charge in [-0.1, -0.05) is 30.3 Å². The summed E-state index contributed by atoms with van der Waals surface area (Å²) < 4.78 is 29.9. The minimum Gasteiger partial charge on any atom is -0.400 e. The Morgan fingerprint density at radius 3 is 2.63 bits per heavy atom. The molecular formula is C14H16F2O3. The molecule has 1 aromatic carbocycles. The molecule has 1 unspecified atom stereocenters. The molecule has 1 rings (SSSR count). The minimum absolute atomic E-state index is 0.312. The van der Waals surface area contributed by atoms with Gasteiger partial charge in [-0.15, -0.1) is 0 Å². The largest absolute Gasteiger partial charge is 0.424 e. The van der Waals surface area contributed by atoms with Crippen molar-refractivity contribution in [3.05, 3.63) is 47.5 Å². The number of rotatable bonds is 7. The molecule has 0 radical (unpaired) electrons. The Kier molecular flexibility index (Phi) is 5.63. The van der Waals surface area contributed by atoms with Gasteiger partial charge in [-0.3, -0.25) is 4.79 Å². The molecule has 5 heteroatoms. The molecule has 104 valence electrons. The second-order valence-corrected chi connectivity index (χ2v) is 4.17. The highest BCUT2D eigenvalue weighted by Gasteiger charge is 2.33. The Balaban J connectivity index is 2.54. The van der Waals surface area contributed by atoms with Crippen LogP contribution in [0.1, 0.15) is 18.9 Å². The quantitative estimate of drug-likeness (QED) is 0.612. The zero-order chi connectivity index (χ0) is 14.3. The summed E-state index contributed by atoms with van der Waals surface area (Å²) in [5.41, 5.74) is 0.531. The summed E-state index contributed by atoms with van der Waals surface area (Å²) in [6.07, 6.45) is -2.78. The Morgan fingerprint density at radius 2 is 2.05 bits per heavy atom. The molecule has 0 saturated carbocycles. The summed E-state index contributed by atoms with van der Waals surface area (Å²) in [7, 11) is 0. The van der Waals surface area contributed by atoms with Crippen LogP contribution in [0.3, 0.4) is 0 Å². The van der Waals surface area contributed by atoms with E-state index in [4.69, 9.17) is 0 Å². The summed E-state index contributed by atoms with van der Waals surface area (Å²) in [6.45, 7) is 0.795. The monoisotopic (exact) mass is 270 g/mol. The van der Waals surface area contributed by atoms with Gasteiger partial charge in [0.25, 0.3) is 6.47 Å². The predicted octanol–water partition coefficient (Wildman–Crippen LogP) is 2.69. The molecule has 19 heavy (non-hydrogen) atoms. The second kappa shape index (κ2) is 6.99. The van der Waals surface area contributed by atoms with Crippen LogP contribution in [0.2, 0.25) is 0 Å². The first kappa shape index (κ1) is 15.3. The molecule has 0 bridgehead atoms. The van der Waals surface area contributed by atoms with E-state index in [-0.39, 0.29) is 6.47 Å². The first-order chi connectivity index (χ1) is 8.95. The van der Waals surface area contributed by atoms with Crippen molar-refractivity contribution in [1.29, 1.82) is 0 Å². The number of aliphatic hydroxyl groups excluding tert-OH is 1. The molecule has 0 heterocycles. The van der Waals surface area contributed by atoms with Crippen molar-refractivity contribution >= 4 is 6.47 Å². The zero-order valence-corrected chi connectivity index (χ0v) is 10.6. The SMILES string of the molecule is C/C(=C\C(O)CCc1ccccc1)C(F)(F)OC=O. The molecular weight excluding hydrogens is 254 g/mol. The minimum atomic E-state index is -3.67. The van der Waals surface area contributed by atoms with Crippen LogP contribution in [-0.2, 0) is 16.0 Å². The average Bonchev–Trinajstić information content (AvgIpc) is 2.37. The third-order valence-electron chi connectivity index (χ3n) is 2.67. The molecule has 1 aromatic rings. The molecule has 0 aliphatic rings. The van der Waals surface area contributed by atoms with Crippen molar-refractivity contribution in [3.63, 3.8) is 0 Å². The lowest BCUT2D eigenvalue weighted by Gasteiger charge is -2.15. The Hall–Kier alpha value is -1.75. The van der Waals surface area contributed by atoms with E-state index in [0.717, 1.165) is 18.6 Å². The van der Waals surface area contributed by atoms with Gasteiger partial charge in [0.05, 0.1) is 6.10 Å². The van der Waals surface area contributed by atoms with Gasteiger partial charge in [-0.25, -0.2) is 0 Å². The lowest BCUT2D eigenvalue weighted by Crippen LogP contribution is -2.23. The normalized spacial score (nSPS) is 14.0. The molecule has 0 fully saturated rings. The summed E-state index contributed by atoms with van der Waals surface area (Å²) >= 11 is 0. The predicted molar refractivity (Wildman–Crippen MR) is 66.6 cm³/mol. The van der Waals surface area contributed by atoms with E-state index in [9.17, 15) is 18.7 Å². The number of alkyl halides is 2. The van der Waals surface area contributed by atoms with Gasteiger partial charge in [-0.2, -0.15) is 8.78 Å². The summed E-state index contributed by atoms with van der Waals surface area (Å²) in [5, 5.41) is 9.66. The molecule has 0 amide bonds. The number of halogens is 2. The molecule has 3 nitrogen and oxygen atoms in total. The van der Waals surface area contributed by atoms with Gasteiger partial charge in [0, 0.05) is 5.57 Å². The number of ether oxygens (including phenoxy) is 1. The van der Waals surface area contributed by atoms with Gasteiger partial charge in [0.2, 0.25) is 0 Å². The number of carbonyl (C=O) groups is 1. The van der Waals surface area contributed by atoms with Crippen molar-refractivity contribution in [2.75, 3.05) is 0 Å². The number of carbonyl (C=O) groups excluding carboxylic acids is 1. The van der Waals surface area contributed by atoms with Gasteiger partial charge < -0.3 is 9.84 Å². The van der Waals surface area contributed by atoms with Gasteiger partial charge in [0.1, 0.15) is 0 Å². The van der Waals surface area contributed by atoms with E-state index >= 15 is 0 Å². The first-order valence-electron chi connectivity index (χ1n) is 5.86. The van der Waals surface area contributed by atoms with Crippen molar-refractivity contribution in [2.24, 2.45) is 0 Å². The molecule has 0 aliphatic heterocycles. The maximum Gasteiger partial charge on any atom is 0.424 e. The fraction of sp³-hybridized carbons (Fsp3) is 0.357. The van der Waals surface area contributed by atoms with Crippen molar-refractivity contribution in [2.45, 2.75) is 32.0 Å². The maximum atomic E-state index is 13.1. The van der Waals surface area contributed by atoms with Crippen molar-refractivity contribution < 1.29 is 23.4 Å². The first-order valence-corrected chi connectivity index (χ1v) is 5.86. The van der Waals surface area contributed by atoms with E-state index in [1.807, 2.05) is 30.3 Å². The number of aryl methyl sites for hydroxylation is 1. The smallest absolute Gasteiger partial charge is 0.400 e. The summed E-state index contributed by atoms with van der Waals surface area (Å²) in [4.78, 5) is 9.93. The van der Waals surface area contributed by atoms with Crippen LogP contribution in [0.15, 0.2) is 42.0 Å². The van der Waals surface area contributed by atoms with Crippen LogP contribution in [-0.4, -0.2) is 23.8 Å². The van der Waals surface area contributed by atoms with Gasteiger partial charge >= 0.3 is 6.11 Å². The van der Waals surface area contributed by atoms with Crippen LogP contribution in [0.4, 0.5) is 8.78 Å². The van der Waals surface area contributed by atoms with E-state index in [0.29, 0.717) is 12.8 Å². The highest BCUT2D eigenvalue weighted by atomic mass is 19.3. The van der Waals surface area contributed by atoms with Crippen LogP contribution < -0.4 is 0 Å². The summed E-state index contributed by atoms with van der Waals surface area (Å²) in [5.74, 6) is 0. The fourth-order valence-electron chi connectivity index (χ4n) is 1.58. The molecule has 1 N–H and O–H groups in total. The Bertz CT molecular complexity index is 430. The Morgan fingerprint density at radius 1 is 1.42 bits per heavy atom. The molecule has 0 spiro atoms. The topological polar surface area (TPSA) is 46.5 Å². The number of hydrogen-bond acceptors (Lipinski definition) is 3. The van der Waals surface area contributed by atoms with Gasteiger partial charge in [0.15, 0.2) is 0 Å². The van der Waals surface area contributed by atoms with Crippen molar-refractivity contribution in [3.8, 4) is 0 Å². The summed E-state index contributed by atoms with van der Waals surface area (Å²) in [6, 6.07) is 9.41. The second-order valence-electron chi connectivity index (χ2n) is 4.17. The highest BCUT2D eigenvalue weighted by Crippen LogP contribution is 2.25. The Labute approximate surface area is 110 Å². The van der Waals surface area contributed by atoms with Gasteiger partial charge in [-0.05, 0) is 31.4 Å². The van der Waals surface area contributed by atoms with E-state index < -0.39 is 17.8 Å². The average molecular weight is 270 g/mol. The maximum absolute atomic E-state index is 13.1. The standard InChI is InChI=1S/C14H16F2O3/c1-11(14(15,16)19-10-17)9-13(18)8-7-12-5-3-2-4-6-12/h2-6,9-10,13,18H,7-8H2,1H3/b11-9+. The molecule has 0 saturated heterocycles. The van der Waals surface area contributed by atoms with Crippen LogP contribution in [0, 0.1) is 0 Å². The van der Waals surface area contributed by atoms with Crippen molar-refractivity contribution in [1.82, 2.24) is 0 Å². The highest BCUT2D eigenvalue weighted by molar-refractivity contribution is 5.38. The fourth-order valence-corrected chi connectivity index (χ4v) is 1.58. The van der Waals surface area contributed by atoms with Crippen LogP contribution in [0.5, 0.6) is 0 Å². The van der Waals surface area contributed by atoms with E-state index in [1.54, 1.807) is 0 Å². The number of benzene rings is 1. The van der Waals surface area contributed by atoms with Crippen LogP contribution >= 0.6 is 0 Å². The number of hydrogen-bond donors (Lipinski definition) is 1.